The molecule has 2 unspecified atom stereocenters. The first kappa shape index (κ1) is 11.8. The summed E-state index contributed by atoms with van der Waals surface area (Å²) in [7, 11) is 0. The summed E-state index contributed by atoms with van der Waals surface area (Å²) in [6.45, 7) is 0. The molecule has 0 saturated heterocycles. The molecule has 1 fully saturated rings. The molecule has 0 N–H and O–H groups in total. The molecule has 0 heteroatoms. The Morgan fingerprint density at radius 3 is 2.60 bits per heavy atom. The Kier molecular flexibility index (Phi) is 2.58. The SMILES string of the molecule is C1CCC2CC3=C4C(=C2C1)CCC1=C4C(CCC1)CC3. The molecule has 0 heterocycles. The van der Waals surface area contributed by atoms with Gasteiger partial charge >= 0.3 is 0 Å². The summed E-state index contributed by atoms with van der Waals surface area (Å²) in [5.41, 5.74) is 11.3. The van der Waals surface area contributed by atoms with Gasteiger partial charge in [-0.05, 0) is 99.2 Å². The number of allylic oxidation sites excluding steroid dienone is 6. The first-order chi connectivity index (χ1) is 9.92. The quantitative estimate of drug-likeness (QED) is 0.515. The smallest absolute Gasteiger partial charge is 0.0153 e. The van der Waals surface area contributed by atoms with Crippen LogP contribution in [0.3, 0.4) is 0 Å². The predicted octanol–water partition coefficient (Wildman–Crippen LogP) is 5.86. The third-order valence-corrected chi connectivity index (χ3v) is 6.84. The van der Waals surface area contributed by atoms with E-state index < -0.39 is 0 Å². The van der Waals surface area contributed by atoms with Crippen LogP contribution in [0.25, 0.3) is 0 Å². The fourth-order valence-electron chi connectivity index (χ4n) is 6.03. The topological polar surface area (TPSA) is 0 Å². The van der Waals surface area contributed by atoms with E-state index >= 15 is 0 Å². The maximum atomic E-state index is 1.92. The van der Waals surface area contributed by atoms with Crippen LogP contribution in [0.2, 0.25) is 0 Å². The molecule has 0 amide bonds. The van der Waals surface area contributed by atoms with Crippen LogP contribution >= 0.6 is 0 Å². The summed E-state index contributed by atoms with van der Waals surface area (Å²) in [5, 5.41) is 0. The second-order valence-electron chi connectivity index (χ2n) is 7.77. The largest absolute Gasteiger partial charge is 0.0658 e. The summed E-state index contributed by atoms with van der Waals surface area (Å²) in [4.78, 5) is 0. The molecule has 0 bridgehead atoms. The first-order valence-electron chi connectivity index (χ1n) is 9.08. The van der Waals surface area contributed by atoms with E-state index in [9.17, 15) is 0 Å². The van der Waals surface area contributed by atoms with Crippen molar-refractivity contribution in [1.29, 1.82) is 0 Å². The number of hydrogen-bond acceptors (Lipinski definition) is 0. The fraction of sp³-hybridized carbons (Fsp3) is 0.700. The molecule has 0 aromatic heterocycles. The average molecular weight is 266 g/mol. The molecule has 1 saturated carbocycles. The predicted molar refractivity (Wildman–Crippen MR) is 83.5 cm³/mol. The van der Waals surface area contributed by atoms with Gasteiger partial charge in [-0.3, -0.25) is 0 Å². The average Bonchev–Trinajstić information content (AvgIpc) is 2.52. The van der Waals surface area contributed by atoms with Crippen LogP contribution < -0.4 is 0 Å². The van der Waals surface area contributed by atoms with E-state index in [0.29, 0.717) is 0 Å². The summed E-state index contributed by atoms with van der Waals surface area (Å²) in [6.07, 6.45) is 17.4. The summed E-state index contributed by atoms with van der Waals surface area (Å²) in [5.74, 6) is 1.91. The lowest BCUT2D eigenvalue weighted by atomic mass is 9.60. The van der Waals surface area contributed by atoms with E-state index in [-0.39, 0.29) is 0 Å². The lowest BCUT2D eigenvalue weighted by Crippen LogP contribution is -2.29. The van der Waals surface area contributed by atoms with Gasteiger partial charge in [0.1, 0.15) is 0 Å². The zero-order valence-electron chi connectivity index (χ0n) is 12.6. The van der Waals surface area contributed by atoms with Crippen LogP contribution in [0.15, 0.2) is 33.4 Å². The van der Waals surface area contributed by atoms with Crippen LogP contribution in [-0.2, 0) is 0 Å². The van der Waals surface area contributed by atoms with Gasteiger partial charge in [-0.2, -0.15) is 0 Å². The molecule has 2 atom stereocenters. The van der Waals surface area contributed by atoms with E-state index in [1.54, 1.807) is 0 Å². The highest BCUT2D eigenvalue weighted by molar-refractivity contribution is 5.61. The highest BCUT2D eigenvalue weighted by Crippen LogP contribution is 2.56. The Morgan fingerprint density at radius 2 is 1.60 bits per heavy atom. The van der Waals surface area contributed by atoms with Crippen LogP contribution in [0.1, 0.15) is 77.0 Å². The number of rotatable bonds is 0. The molecule has 0 radical (unpaired) electrons. The molecule has 0 aromatic carbocycles. The van der Waals surface area contributed by atoms with Gasteiger partial charge in [0.25, 0.3) is 0 Å². The zero-order chi connectivity index (χ0) is 13.1. The highest BCUT2D eigenvalue weighted by atomic mass is 14.4. The van der Waals surface area contributed by atoms with Gasteiger partial charge < -0.3 is 0 Å². The lowest BCUT2D eigenvalue weighted by molar-refractivity contribution is 0.392. The van der Waals surface area contributed by atoms with Gasteiger partial charge in [-0.15, -0.1) is 0 Å². The van der Waals surface area contributed by atoms with Crippen molar-refractivity contribution in [2.24, 2.45) is 11.8 Å². The van der Waals surface area contributed by atoms with E-state index in [1.165, 1.54) is 77.0 Å². The Labute approximate surface area is 123 Å². The molecule has 0 aliphatic heterocycles. The second kappa shape index (κ2) is 4.36. The van der Waals surface area contributed by atoms with Crippen molar-refractivity contribution in [3.63, 3.8) is 0 Å². The van der Waals surface area contributed by atoms with Crippen molar-refractivity contribution in [3.05, 3.63) is 33.4 Å². The Morgan fingerprint density at radius 1 is 0.650 bits per heavy atom. The Hall–Kier alpha value is -0.780. The maximum absolute atomic E-state index is 1.92. The number of fused-ring (bicyclic) bond motifs is 1. The lowest BCUT2D eigenvalue weighted by Gasteiger charge is -2.45. The van der Waals surface area contributed by atoms with Gasteiger partial charge in [-0.25, -0.2) is 0 Å². The molecule has 20 heavy (non-hydrogen) atoms. The minimum atomic E-state index is 0.952. The van der Waals surface area contributed by atoms with Crippen molar-refractivity contribution in [3.8, 4) is 0 Å². The van der Waals surface area contributed by atoms with E-state index in [1.807, 2.05) is 33.4 Å². The standard InChI is InChI=1S/C20H26/c1-2-7-17-15(4-1)12-16-9-8-13-5-3-6-14-10-11-18(17)20(16)19(13)14/h13,15H,1-12H2. The van der Waals surface area contributed by atoms with Crippen molar-refractivity contribution in [2.75, 3.05) is 0 Å². The van der Waals surface area contributed by atoms with Crippen molar-refractivity contribution >= 4 is 0 Å². The molecule has 5 rings (SSSR count). The highest BCUT2D eigenvalue weighted by Gasteiger charge is 2.39. The number of hydrogen-bond donors (Lipinski definition) is 0. The van der Waals surface area contributed by atoms with Crippen molar-refractivity contribution in [1.82, 2.24) is 0 Å². The van der Waals surface area contributed by atoms with Crippen molar-refractivity contribution in [2.45, 2.75) is 77.0 Å². The second-order valence-corrected chi connectivity index (χ2v) is 7.77. The van der Waals surface area contributed by atoms with E-state index in [4.69, 9.17) is 0 Å². The van der Waals surface area contributed by atoms with Crippen LogP contribution in [0.5, 0.6) is 0 Å². The molecule has 5 aliphatic carbocycles. The normalized spacial score (nSPS) is 36.0. The fourth-order valence-corrected chi connectivity index (χ4v) is 6.03. The van der Waals surface area contributed by atoms with Crippen molar-refractivity contribution < 1.29 is 0 Å². The molecular formula is C20H26. The van der Waals surface area contributed by atoms with E-state index in [2.05, 4.69) is 0 Å². The molecule has 0 nitrogen and oxygen atoms in total. The van der Waals surface area contributed by atoms with Gasteiger partial charge in [0.15, 0.2) is 0 Å². The van der Waals surface area contributed by atoms with E-state index in [0.717, 1.165) is 11.8 Å². The minimum Gasteiger partial charge on any atom is -0.0658 e. The zero-order valence-corrected chi connectivity index (χ0v) is 12.6. The van der Waals surface area contributed by atoms with Gasteiger partial charge in [0, 0.05) is 0 Å². The molecule has 0 spiro atoms. The molecule has 106 valence electrons. The van der Waals surface area contributed by atoms with Crippen LogP contribution in [-0.4, -0.2) is 0 Å². The monoisotopic (exact) mass is 266 g/mol. The third-order valence-electron chi connectivity index (χ3n) is 6.84. The minimum absolute atomic E-state index is 0.952. The van der Waals surface area contributed by atoms with Gasteiger partial charge in [-0.1, -0.05) is 23.1 Å². The summed E-state index contributed by atoms with van der Waals surface area (Å²) < 4.78 is 0. The molecule has 0 aromatic rings. The van der Waals surface area contributed by atoms with Gasteiger partial charge in [0.05, 0.1) is 0 Å². The summed E-state index contributed by atoms with van der Waals surface area (Å²) >= 11 is 0. The molecule has 5 aliphatic rings. The van der Waals surface area contributed by atoms with Gasteiger partial charge in [0.2, 0.25) is 0 Å². The van der Waals surface area contributed by atoms with Crippen LogP contribution in [0.4, 0.5) is 0 Å². The summed E-state index contributed by atoms with van der Waals surface area (Å²) in [6, 6.07) is 0. The van der Waals surface area contributed by atoms with Crippen LogP contribution in [0, 0.1) is 11.8 Å². The third kappa shape index (κ3) is 1.54. The first-order valence-corrected chi connectivity index (χ1v) is 9.08. The maximum Gasteiger partial charge on any atom is -0.0153 e. The Balaban J connectivity index is 1.70. The Bertz CT molecular complexity index is 555. The molecular weight excluding hydrogens is 240 g/mol.